The van der Waals surface area contributed by atoms with Crippen molar-refractivity contribution in [3.8, 4) is 0 Å². The Kier molecular flexibility index (Phi) is 5.56. The minimum absolute atomic E-state index is 0.558. The van der Waals surface area contributed by atoms with Gasteiger partial charge in [0.2, 0.25) is 5.95 Å². The van der Waals surface area contributed by atoms with Crippen molar-refractivity contribution in [1.82, 2.24) is 24.6 Å². The van der Waals surface area contributed by atoms with E-state index in [0.717, 1.165) is 54.3 Å². The summed E-state index contributed by atoms with van der Waals surface area (Å²) in [7, 11) is 1.90. The first-order chi connectivity index (χ1) is 16.0. The number of benzene rings is 2. The summed E-state index contributed by atoms with van der Waals surface area (Å²) in [6.07, 6.45) is 4.86. The first-order valence-electron chi connectivity index (χ1n) is 11.3. The number of anilines is 4. The normalized spacial score (nSPS) is 13.7. The SMILES string of the molecule is C=CCN1CCc2ccc(Nc3ncc4c(Nc5c(C)cccc5C)nn(C)c4n3)cc2C1. The van der Waals surface area contributed by atoms with Gasteiger partial charge in [0.15, 0.2) is 11.5 Å². The van der Waals surface area contributed by atoms with Gasteiger partial charge in [-0.05, 0) is 54.7 Å². The summed E-state index contributed by atoms with van der Waals surface area (Å²) < 4.78 is 1.79. The Balaban J connectivity index is 1.40. The predicted molar refractivity (Wildman–Crippen MR) is 134 cm³/mol. The number of hydrogen-bond donors (Lipinski definition) is 2. The molecule has 0 bridgehead atoms. The van der Waals surface area contributed by atoms with Crippen LogP contribution in [-0.4, -0.2) is 37.7 Å². The van der Waals surface area contributed by atoms with Crippen LogP contribution in [-0.2, 0) is 20.0 Å². The molecule has 3 heterocycles. The van der Waals surface area contributed by atoms with Crippen LogP contribution in [0.25, 0.3) is 11.0 Å². The number of fused-ring (bicyclic) bond motifs is 2. The van der Waals surface area contributed by atoms with Gasteiger partial charge in [0.05, 0.1) is 5.39 Å². The molecular formula is C26H29N7. The second kappa shape index (κ2) is 8.67. The standard InChI is InChI=1S/C26H29N7/c1-5-12-33-13-11-19-9-10-21(14-20(19)16-33)28-26-27-15-22-24(31-32(4)25(22)30-26)29-23-17(2)7-6-8-18(23)3/h5-10,14-15H,1,11-13,16H2,2-4H3,(H,29,31)(H,27,28,30). The molecule has 168 valence electrons. The van der Waals surface area contributed by atoms with Crippen LogP contribution < -0.4 is 10.6 Å². The van der Waals surface area contributed by atoms with Gasteiger partial charge >= 0.3 is 0 Å². The van der Waals surface area contributed by atoms with E-state index in [1.165, 1.54) is 22.3 Å². The van der Waals surface area contributed by atoms with Crippen LogP contribution in [0, 0.1) is 13.8 Å². The first kappa shape index (κ1) is 21.2. The van der Waals surface area contributed by atoms with Gasteiger partial charge in [0.1, 0.15) is 0 Å². The largest absolute Gasteiger partial charge is 0.338 e. The number of para-hydroxylation sites is 1. The number of aromatic nitrogens is 4. The summed E-state index contributed by atoms with van der Waals surface area (Å²) in [6, 6.07) is 12.8. The number of rotatable bonds is 6. The number of nitrogens with one attached hydrogen (secondary N) is 2. The summed E-state index contributed by atoms with van der Waals surface area (Å²) in [5.74, 6) is 1.32. The summed E-state index contributed by atoms with van der Waals surface area (Å²) in [6.45, 7) is 11.0. The van der Waals surface area contributed by atoms with E-state index in [-0.39, 0.29) is 0 Å². The third kappa shape index (κ3) is 4.19. The molecule has 2 N–H and O–H groups in total. The van der Waals surface area contributed by atoms with Gasteiger partial charge in [-0.1, -0.05) is 30.3 Å². The van der Waals surface area contributed by atoms with Gasteiger partial charge in [-0.15, -0.1) is 6.58 Å². The van der Waals surface area contributed by atoms with Crippen molar-refractivity contribution in [2.45, 2.75) is 26.8 Å². The maximum absolute atomic E-state index is 4.75. The van der Waals surface area contributed by atoms with Crippen molar-refractivity contribution in [3.63, 3.8) is 0 Å². The van der Waals surface area contributed by atoms with E-state index >= 15 is 0 Å². The van der Waals surface area contributed by atoms with Gasteiger partial charge in [-0.3, -0.25) is 4.90 Å². The summed E-state index contributed by atoms with van der Waals surface area (Å²) in [4.78, 5) is 11.7. The monoisotopic (exact) mass is 439 g/mol. The summed E-state index contributed by atoms with van der Waals surface area (Å²) >= 11 is 0. The third-order valence-electron chi connectivity index (χ3n) is 6.25. The van der Waals surface area contributed by atoms with E-state index < -0.39 is 0 Å². The highest BCUT2D eigenvalue weighted by atomic mass is 15.3. The molecular weight excluding hydrogens is 410 g/mol. The third-order valence-corrected chi connectivity index (χ3v) is 6.25. The number of nitrogens with zero attached hydrogens (tertiary/aromatic N) is 5. The molecule has 4 aromatic rings. The van der Waals surface area contributed by atoms with E-state index in [4.69, 9.17) is 4.98 Å². The Hall–Kier alpha value is -3.71. The Morgan fingerprint density at radius 1 is 1.09 bits per heavy atom. The highest BCUT2D eigenvalue weighted by molar-refractivity contribution is 5.90. The fraction of sp³-hybridized carbons (Fsp3) is 0.269. The smallest absolute Gasteiger partial charge is 0.229 e. The van der Waals surface area contributed by atoms with Crippen LogP contribution in [0.1, 0.15) is 22.3 Å². The molecule has 0 fully saturated rings. The van der Waals surface area contributed by atoms with Gasteiger partial charge < -0.3 is 10.6 Å². The average molecular weight is 440 g/mol. The molecule has 7 heteroatoms. The Morgan fingerprint density at radius 3 is 2.70 bits per heavy atom. The lowest BCUT2D eigenvalue weighted by atomic mass is 9.99. The molecule has 0 saturated heterocycles. The van der Waals surface area contributed by atoms with Gasteiger partial charge in [0, 0.05) is 44.3 Å². The van der Waals surface area contributed by atoms with Gasteiger partial charge in [0.25, 0.3) is 0 Å². The lowest BCUT2D eigenvalue weighted by molar-refractivity contribution is 0.282. The van der Waals surface area contributed by atoms with Gasteiger partial charge in [-0.2, -0.15) is 10.1 Å². The molecule has 2 aromatic heterocycles. The molecule has 5 rings (SSSR count). The van der Waals surface area contributed by atoms with Crippen LogP contribution in [0.5, 0.6) is 0 Å². The lowest BCUT2D eigenvalue weighted by Crippen LogP contribution is -2.30. The summed E-state index contributed by atoms with van der Waals surface area (Å²) in [5.41, 5.74) is 7.93. The molecule has 0 atom stereocenters. The van der Waals surface area contributed by atoms with Crippen molar-refractivity contribution in [3.05, 3.63) is 77.5 Å². The molecule has 0 unspecified atom stereocenters. The predicted octanol–water partition coefficient (Wildman–Crippen LogP) is 5.01. The zero-order chi connectivity index (χ0) is 22.9. The zero-order valence-electron chi connectivity index (χ0n) is 19.4. The maximum atomic E-state index is 4.75. The molecule has 0 radical (unpaired) electrons. The second-order valence-corrected chi connectivity index (χ2v) is 8.68. The quantitative estimate of drug-likeness (QED) is 0.412. The van der Waals surface area contributed by atoms with Crippen LogP contribution in [0.3, 0.4) is 0 Å². The average Bonchev–Trinajstić information content (AvgIpc) is 3.11. The summed E-state index contributed by atoms with van der Waals surface area (Å²) in [5, 5.41) is 12.4. The molecule has 1 aliphatic rings. The van der Waals surface area contributed by atoms with E-state index in [2.05, 4.69) is 82.4 Å². The fourth-order valence-electron chi connectivity index (χ4n) is 4.48. The van der Waals surface area contributed by atoms with E-state index in [0.29, 0.717) is 5.95 Å². The van der Waals surface area contributed by atoms with E-state index in [1.807, 2.05) is 19.3 Å². The number of aryl methyl sites for hydroxylation is 3. The highest BCUT2D eigenvalue weighted by Gasteiger charge is 2.17. The van der Waals surface area contributed by atoms with Crippen molar-refractivity contribution < 1.29 is 0 Å². The Morgan fingerprint density at radius 2 is 1.91 bits per heavy atom. The molecule has 0 aliphatic carbocycles. The first-order valence-corrected chi connectivity index (χ1v) is 11.3. The second-order valence-electron chi connectivity index (χ2n) is 8.68. The molecule has 33 heavy (non-hydrogen) atoms. The minimum atomic E-state index is 0.558. The zero-order valence-corrected chi connectivity index (χ0v) is 19.4. The fourth-order valence-corrected chi connectivity index (χ4v) is 4.48. The van der Waals surface area contributed by atoms with Crippen molar-refractivity contribution in [2.75, 3.05) is 23.7 Å². The van der Waals surface area contributed by atoms with Crippen LogP contribution in [0.15, 0.2) is 55.3 Å². The lowest BCUT2D eigenvalue weighted by Gasteiger charge is -2.28. The maximum Gasteiger partial charge on any atom is 0.229 e. The molecule has 2 aromatic carbocycles. The Labute approximate surface area is 194 Å². The van der Waals surface area contributed by atoms with Crippen LogP contribution >= 0.6 is 0 Å². The van der Waals surface area contributed by atoms with Crippen molar-refractivity contribution in [2.24, 2.45) is 7.05 Å². The van der Waals surface area contributed by atoms with Gasteiger partial charge in [-0.25, -0.2) is 9.67 Å². The Bertz CT molecular complexity index is 1320. The topological polar surface area (TPSA) is 70.9 Å². The molecule has 0 spiro atoms. The van der Waals surface area contributed by atoms with E-state index in [1.54, 1.807) is 4.68 Å². The highest BCUT2D eigenvalue weighted by Crippen LogP contribution is 2.29. The van der Waals surface area contributed by atoms with Crippen LogP contribution in [0.2, 0.25) is 0 Å². The van der Waals surface area contributed by atoms with E-state index in [9.17, 15) is 0 Å². The number of hydrogen-bond acceptors (Lipinski definition) is 6. The minimum Gasteiger partial charge on any atom is -0.338 e. The molecule has 0 saturated carbocycles. The van der Waals surface area contributed by atoms with Crippen LogP contribution in [0.4, 0.5) is 23.1 Å². The van der Waals surface area contributed by atoms with Crippen molar-refractivity contribution >= 4 is 34.2 Å². The molecule has 7 nitrogen and oxygen atoms in total. The molecule has 1 aliphatic heterocycles. The molecule has 0 amide bonds. The van der Waals surface area contributed by atoms with Crippen molar-refractivity contribution in [1.29, 1.82) is 0 Å².